The number of aromatic nitrogens is 1. The summed E-state index contributed by atoms with van der Waals surface area (Å²) in [6.45, 7) is 8.11. The molecule has 0 saturated carbocycles. The van der Waals surface area contributed by atoms with Crippen molar-refractivity contribution in [1.29, 1.82) is 0 Å². The second-order valence-corrected chi connectivity index (χ2v) is 6.11. The van der Waals surface area contributed by atoms with Crippen LogP contribution in [0.4, 0.5) is 10.5 Å². The Labute approximate surface area is 123 Å². The van der Waals surface area contributed by atoms with Crippen molar-refractivity contribution in [3.8, 4) is 0 Å². The average molecular weight is 296 g/mol. The summed E-state index contributed by atoms with van der Waals surface area (Å²) in [5, 5.41) is 21.5. The van der Waals surface area contributed by atoms with Crippen molar-refractivity contribution >= 4 is 17.7 Å². The number of aliphatic hydroxyl groups is 1. The summed E-state index contributed by atoms with van der Waals surface area (Å²) in [6.07, 6.45) is 0.471. The lowest BCUT2D eigenvalue weighted by Gasteiger charge is -2.24. The maximum Gasteiger partial charge on any atom is 0.412 e. The van der Waals surface area contributed by atoms with Crippen LogP contribution in [-0.4, -0.2) is 32.9 Å². The van der Waals surface area contributed by atoms with Crippen molar-refractivity contribution in [2.24, 2.45) is 0 Å². The molecule has 21 heavy (non-hydrogen) atoms. The summed E-state index contributed by atoms with van der Waals surface area (Å²) in [4.78, 5) is 26.4. The Hall–Kier alpha value is -2.15. The second kappa shape index (κ2) is 5.69. The van der Waals surface area contributed by atoms with Crippen LogP contribution in [0.25, 0.3) is 0 Å². The van der Waals surface area contributed by atoms with Crippen molar-refractivity contribution in [2.45, 2.75) is 45.8 Å². The molecule has 0 spiro atoms. The van der Waals surface area contributed by atoms with Crippen LogP contribution >= 0.6 is 0 Å². The first-order chi connectivity index (χ1) is 9.40. The van der Waals surface area contributed by atoms with Crippen LogP contribution < -0.4 is 5.32 Å². The van der Waals surface area contributed by atoms with Crippen molar-refractivity contribution in [1.82, 2.24) is 4.98 Å². The number of aromatic carboxylic acids is 1. The van der Waals surface area contributed by atoms with Crippen LogP contribution in [0, 0.1) is 0 Å². The number of nitrogens with one attached hydrogen (secondary N) is 1. The number of rotatable bonds is 3. The average Bonchev–Trinajstić information content (AvgIpc) is 2.24. The fourth-order valence-corrected chi connectivity index (χ4v) is 1.59. The van der Waals surface area contributed by atoms with Gasteiger partial charge < -0.3 is 14.9 Å². The number of carbonyl (C=O) groups is 2. The van der Waals surface area contributed by atoms with Gasteiger partial charge in [0.2, 0.25) is 0 Å². The molecular formula is C14H20N2O5. The van der Waals surface area contributed by atoms with Gasteiger partial charge in [-0.15, -0.1) is 0 Å². The first kappa shape index (κ1) is 16.9. The Morgan fingerprint density at radius 3 is 2.24 bits per heavy atom. The summed E-state index contributed by atoms with van der Waals surface area (Å²) in [5.74, 6) is -1.22. The van der Waals surface area contributed by atoms with Crippen LogP contribution in [0.5, 0.6) is 0 Å². The van der Waals surface area contributed by atoms with Crippen molar-refractivity contribution < 1.29 is 24.5 Å². The molecule has 7 heteroatoms. The highest BCUT2D eigenvalue weighted by Gasteiger charge is 2.25. The van der Waals surface area contributed by atoms with Crippen LogP contribution in [0.15, 0.2) is 12.3 Å². The van der Waals surface area contributed by atoms with Crippen molar-refractivity contribution in [3.63, 3.8) is 0 Å². The van der Waals surface area contributed by atoms with E-state index in [1.54, 1.807) is 20.8 Å². The molecule has 1 amide bonds. The smallest absolute Gasteiger partial charge is 0.412 e. The number of hydrogen-bond acceptors (Lipinski definition) is 5. The minimum atomic E-state index is -1.35. The van der Waals surface area contributed by atoms with E-state index in [0.717, 1.165) is 0 Å². The molecule has 1 aromatic rings. The molecule has 1 heterocycles. The number of carbonyl (C=O) groups excluding carboxylic acids is 1. The Kier molecular flexibility index (Phi) is 4.58. The summed E-state index contributed by atoms with van der Waals surface area (Å²) < 4.78 is 5.11. The molecular weight excluding hydrogens is 276 g/mol. The standard InChI is InChI=1S/C14H20N2O5/c1-13(2,3)21-12(19)16-10-7-15-9(11(17)18)6-8(10)14(4,5)20/h6-7,20H,1-5H3,(H,16,19)(H,17,18). The van der Waals surface area contributed by atoms with Gasteiger partial charge in [-0.2, -0.15) is 0 Å². The number of anilines is 1. The van der Waals surface area contributed by atoms with Gasteiger partial charge in [0, 0.05) is 5.56 Å². The largest absolute Gasteiger partial charge is 0.477 e. The van der Waals surface area contributed by atoms with Crippen LogP contribution in [0.3, 0.4) is 0 Å². The monoisotopic (exact) mass is 296 g/mol. The third-order valence-electron chi connectivity index (χ3n) is 2.42. The molecule has 1 aromatic heterocycles. The maximum atomic E-state index is 11.8. The zero-order chi connectivity index (χ0) is 16.4. The van der Waals surface area contributed by atoms with Gasteiger partial charge in [-0.1, -0.05) is 0 Å². The maximum absolute atomic E-state index is 11.8. The van der Waals surface area contributed by atoms with E-state index in [2.05, 4.69) is 10.3 Å². The molecule has 0 saturated heterocycles. The van der Waals surface area contributed by atoms with Gasteiger partial charge in [0.25, 0.3) is 0 Å². The molecule has 0 unspecified atom stereocenters. The van der Waals surface area contributed by atoms with Crippen LogP contribution in [-0.2, 0) is 10.3 Å². The number of carboxylic acid groups (broad SMARTS) is 1. The fourth-order valence-electron chi connectivity index (χ4n) is 1.59. The van der Waals surface area contributed by atoms with Gasteiger partial charge in [0.05, 0.1) is 17.5 Å². The third kappa shape index (κ3) is 5.03. The molecule has 0 atom stereocenters. The molecule has 0 radical (unpaired) electrons. The van der Waals surface area contributed by atoms with Gasteiger partial charge in [-0.25, -0.2) is 14.6 Å². The van der Waals surface area contributed by atoms with E-state index in [4.69, 9.17) is 9.84 Å². The summed E-state index contributed by atoms with van der Waals surface area (Å²) in [5.41, 5.74) is -1.81. The number of carboxylic acids is 1. The van der Waals surface area contributed by atoms with Gasteiger partial charge >= 0.3 is 12.1 Å². The van der Waals surface area contributed by atoms with E-state index in [1.165, 1.54) is 26.1 Å². The molecule has 116 valence electrons. The predicted octanol–water partition coefficient (Wildman–Crippen LogP) is 2.35. The molecule has 0 bridgehead atoms. The van der Waals surface area contributed by atoms with E-state index in [0.29, 0.717) is 0 Å². The van der Waals surface area contributed by atoms with Crippen LogP contribution in [0.2, 0.25) is 0 Å². The molecule has 0 aliphatic rings. The molecule has 0 aliphatic heterocycles. The number of ether oxygens (including phenoxy) is 1. The number of nitrogens with zero attached hydrogens (tertiary/aromatic N) is 1. The minimum Gasteiger partial charge on any atom is -0.477 e. The summed E-state index contributed by atoms with van der Waals surface area (Å²) >= 11 is 0. The van der Waals surface area contributed by atoms with Crippen molar-refractivity contribution in [3.05, 3.63) is 23.5 Å². The first-order valence-corrected chi connectivity index (χ1v) is 6.36. The molecule has 3 N–H and O–H groups in total. The first-order valence-electron chi connectivity index (χ1n) is 6.36. The number of hydrogen-bond donors (Lipinski definition) is 3. The van der Waals surface area contributed by atoms with E-state index in [9.17, 15) is 14.7 Å². The normalized spacial score (nSPS) is 11.9. The number of amides is 1. The molecule has 1 rings (SSSR count). The number of pyridine rings is 1. The fraction of sp³-hybridized carbons (Fsp3) is 0.500. The van der Waals surface area contributed by atoms with E-state index < -0.39 is 23.3 Å². The molecule has 0 fully saturated rings. The summed E-state index contributed by atoms with van der Waals surface area (Å²) in [6, 6.07) is 1.22. The summed E-state index contributed by atoms with van der Waals surface area (Å²) in [7, 11) is 0. The highest BCUT2D eigenvalue weighted by molar-refractivity contribution is 5.89. The highest BCUT2D eigenvalue weighted by atomic mass is 16.6. The van der Waals surface area contributed by atoms with E-state index >= 15 is 0 Å². The minimum absolute atomic E-state index is 0.196. The third-order valence-corrected chi connectivity index (χ3v) is 2.42. The zero-order valence-electron chi connectivity index (χ0n) is 12.7. The molecule has 0 aliphatic carbocycles. The SMILES string of the molecule is CC(C)(C)OC(=O)Nc1cnc(C(=O)O)cc1C(C)(C)O. The Morgan fingerprint density at radius 1 is 1.24 bits per heavy atom. The molecule has 0 aromatic carbocycles. The Balaban J connectivity index is 3.12. The lowest BCUT2D eigenvalue weighted by atomic mass is 9.97. The second-order valence-electron chi connectivity index (χ2n) is 6.11. The predicted molar refractivity (Wildman–Crippen MR) is 76.3 cm³/mol. The zero-order valence-corrected chi connectivity index (χ0v) is 12.7. The topological polar surface area (TPSA) is 109 Å². The highest BCUT2D eigenvalue weighted by Crippen LogP contribution is 2.28. The lowest BCUT2D eigenvalue weighted by molar-refractivity contribution is 0.0632. The quantitative estimate of drug-likeness (QED) is 0.790. The van der Waals surface area contributed by atoms with Gasteiger partial charge in [0.15, 0.2) is 0 Å². The lowest BCUT2D eigenvalue weighted by Crippen LogP contribution is -2.29. The van der Waals surface area contributed by atoms with Crippen molar-refractivity contribution in [2.75, 3.05) is 5.32 Å². The Bertz CT molecular complexity index is 555. The van der Waals surface area contributed by atoms with Gasteiger partial charge in [0.1, 0.15) is 11.3 Å². The van der Waals surface area contributed by atoms with E-state index in [-0.39, 0.29) is 16.9 Å². The van der Waals surface area contributed by atoms with Gasteiger partial charge in [-0.05, 0) is 40.7 Å². The van der Waals surface area contributed by atoms with E-state index in [1.807, 2.05) is 0 Å². The van der Waals surface area contributed by atoms with Gasteiger partial charge in [-0.3, -0.25) is 5.32 Å². The Morgan fingerprint density at radius 2 is 1.81 bits per heavy atom. The molecule has 7 nitrogen and oxygen atoms in total. The van der Waals surface area contributed by atoms with Crippen LogP contribution in [0.1, 0.15) is 50.7 Å².